The van der Waals surface area contributed by atoms with Gasteiger partial charge in [0.2, 0.25) is 6.43 Å². The van der Waals surface area contributed by atoms with E-state index >= 15 is 13.2 Å². The van der Waals surface area contributed by atoms with Crippen LogP contribution in [0.1, 0.15) is 102 Å². The minimum Gasteiger partial charge on any atom is -0.543 e. The number of nitrogens with zero attached hydrogens (tertiary/aromatic N) is 3. The molecule has 0 N–H and O–H groups in total. The number of halogens is 5. The van der Waals surface area contributed by atoms with E-state index in [0.29, 0.717) is 30.6 Å². The predicted octanol–water partition coefficient (Wildman–Crippen LogP) is 13.6. The van der Waals surface area contributed by atoms with Gasteiger partial charge in [-0.3, -0.25) is 0 Å². The van der Waals surface area contributed by atoms with E-state index in [1.54, 1.807) is 19.1 Å². The fourth-order valence-electron chi connectivity index (χ4n) is 10.7. The Morgan fingerprint density at radius 1 is 0.831 bits per heavy atom. The molecule has 1 aromatic heterocycles. The maximum absolute atomic E-state index is 17.3. The van der Waals surface area contributed by atoms with Crippen LogP contribution >= 0.6 is 0 Å². The van der Waals surface area contributed by atoms with Crippen LogP contribution in [0, 0.1) is 40.2 Å². The molecule has 1 aliphatic heterocycles. The average Bonchev–Trinajstić information content (AvgIpc) is 3.13. The first-order valence-corrected chi connectivity index (χ1v) is 25.6. The molecular formula is C47H64F5N3O2Si2. The predicted molar refractivity (Wildman–Crippen MR) is 237 cm³/mol. The first-order chi connectivity index (χ1) is 27.5. The highest BCUT2D eigenvalue weighted by atomic mass is 28.4. The van der Waals surface area contributed by atoms with Crippen LogP contribution in [0.5, 0.6) is 11.8 Å². The number of hydrogen-bond acceptors (Lipinski definition) is 5. The first kappa shape index (κ1) is 46.5. The highest BCUT2D eigenvalue weighted by molar-refractivity contribution is 6.90. The number of benzene rings is 3. The molecule has 0 amide bonds. The minimum absolute atomic E-state index is 0.0767. The molecule has 2 heterocycles. The molecule has 1 aliphatic rings. The summed E-state index contributed by atoms with van der Waals surface area (Å²) in [5, 5.41) is 0.906. The summed E-state index contributed by atoms with van der Waals surface area (Å²) in [7, 11) is -3.08. The lowest BCUT2D eigenvalue weighted by molar-refractivity contribution is -0.0679. The summed E-state index contributed by atoms with van der Waals surface area (Å²) in [6, 6.07) is 7.42. The Morgan fingerprint density at radius 2 is 1.44 bits per heavy atom. The van der Waals surface area contributed by atoms with Gasteiger partial charge in [0, 0.05) is 40.4 Å². The van der Waals surface area contributed by atoms with Gasteiger partial charge in [-0.1, -0.05) is 102 Å². The fourth-order valence-corrected chi connectivity index (χ4v) is 21.1. The van der Waals surface area contributed by atoms with Crippen molar-refractivity contribution in [2.75, 3.05) is 26.7 Å². The molecule has 3 aromatic carbocycles. The zero-order valence-electron chi connectivity index (χ0n) is 37.5. The Hall–Kier alpha value is -3.54. The van der Waals surface area contributed by atoms with Gasteiger partial charge >= 0.3 is 6.01 Å². The number of aromatic nitrogens is 2. The zero-order valence-corrected chi connectivity index (χ0v) is 39.5. The van der Waals surface area contributed by atoms with E-state index in [0.717, 1.165) is 6.07 Å². The van der Waals surface area contributed by atoms with E-state index < -0.39 is 57.2 Å². The van der Waals surface area contributed by atoms with Gasteiger partial charge in [0.05, 0.1) is 17.7 Å². The van der Waals surface area contributed by atoms with E-state index in [-0.39, 0.29) is 73.3 Å². The van der Waals surface area contributed by atoms with Gasteiger partial charge in [-0.2, -0.15) is 4.98 Å². The van der Waals surface area contributed by atoms with E-state index in [9.17, 15) is 8.78 Å². The van der Waals surface area contributed by atoms with Crippen molar-refractivity contribution in [3.63, 3.8) is 0 Å². The summed E-state index contributed by atoms with van der Waals surface area (Å²) in [5.74, 6) is 0.360. The quantitative estimate of drug-likeness (QED) is 0.0762. The molecule has 0 aliphatic carbocycles. The first-order valence-electron chi connectivity index (χ1n) is 21.2. The minimum atomic E-state index is -2.58. The molecule has 5 nitrogen and oxygen atoms in total. The van der Waals surface area contributed by atoms with Crippen molar-refractivity contribution in [3.05, 3.63) is 59.5 Å². The van der Waals surface area contributed by atoms with Crippen LogP contribution in [-0.4, -0.2) is 64.4 Å². The van der Waals surface area contributed by atoms with Gasteiger partial charge < -0.3 is 14.1 Å². The van der Waals surface area contributed by atoms with Crippen molar-refractivity contribution in [1.29, 1.82) is 0 Å². The van der Waals surface area contributed by atoms with Gasteiger partial charge in [0.15, 0.2) is 5.82 Å². The fraction of sp³-hybridized carbons (Fsp3) is 0.574. The number of alkyl halides is 2. The second-order valence-electron chi connectivity index (χ2n) is 19.1. The maximum atomic E-state index is 17.3. The maximum Gasteiger partial charge on any atom is 0.317 e. The van der Waals surface area contributed by atoms with E-state index in [4.69, 9.17) is 9.16 Å². The molecule has 12 heteroatoms. The Kier molecular flexibility index (Phi) is 14.1. The Bertz CT molecular complexity index is 2170. The molecule has 2 atom stereocenters. The smallest absolute Gasteiger partial charge is 0.317 e. The molecular weight excluding hydrogens is 790 g/mol. The molecule has 5 rings (SSSR count). The number of piperidine rings is 1. The Morgan fingerprint density at radius 3 is 2.00 bits per heavy atom. The third kappa shape index (κ3) is 8.67. The van der Waals surface area contributed by atoms with Gasteiger partial charge in [-0.25, -0.2) is 26.9 Å². The van der Waals surface area contributed by atoms with Gasteiger partial charge in [-0.05, 0) is 82.9 Å². The van der Waals surface area contributed by atoms with Crippen molar-refractivity contribution in [2.45, 2.75) is 136 Å². The second kappa shape index (κ2) is 17.8. The third-order valence-electron chi connectivity index (χ3n) is 13.5. The van der Waals surface area contributed by atoms with E-state index in [1.807, 2.05) is 18.0 Å². The molecule has 0 spiro atoms. The monoisotopic (exact) mass is 853 g/mol. The number of hydrogen-bond donors (Lipinski definition) is 0. The van der Waals surface area contributed by atoms with E-state index in [1.165, 1.54) is 12.3 Å². The molecule has 1 saturated heterocycles. The van der Waals surface area contributed by atoms with Crippen LogP contribution in [0.15, 0.2) is 36.5 Å². The molecule has 4 aromatic rings. The third-order valence-corrected chi connectivity index (χ3v) is 25.8. The van der Waals surface area contributed by atoms with Gasteiger partial charge in [0.1, 0.15) is 31.0 Å². The lowest BCUT2D eigenvalue weighted by Crippen LogP contribution is -2.51. The average molecular weight is 854 g/mol. The molecule has 1 fully saturated rings. The summed E-state index contributed by atoms with van der Waals surface area (Å²) >= 11 is 0. The summed E-state index contributed by atoms with van der Waals surface area (Å²) < 4.78 is 91.8. The molecule has 0 saturated carbocycles. The summed E-state index contributed by atoms with van der Waals surface area (Å²) in [5.41, 5.74) is 3.67. The summed E-state index contributed by atoms with van der Waals surface area (Å²) in [4.78, 5) is 10.6. The summed E-state index contributed by atoms with van der Waals surface area (Å²) in [6.07, 6.45) is -0.969. The van der Waals surface area contributed by atoms with Crippen LogP contribution in [0.4, 0.5) is 22.0 Å². The molecule has 0 radical (unpaired) electrons. The largest absolute Gasteiger partial charge is 0.543 e. The van der Waals surface area contributed by atoms with Crippen LogP contribution in [-0.2, 0) is 0 Å². The zero-order chi connectivity index (χ0) is 43.9. The highest BCUT2D eigenvalue weighted by Gasteiger charge is 2.48. The lowest BCUT2D eigenvalue weighted by atomic mass is 9.73. The van der Waals surface area contributed by atoms with Crippen LogP contribution in [0.2, 0.25) is 33.2 Å². The van der Waals surface area contributed by atoms with Crippen molar-refractivity contribution in [3.8, 4) is 34.4 Å². The van der Waals surface area contributed by atoms with Crippen molar-refractivity contribution in [2.24, 2.45) is 11.3 Å². The van der Waals surface area contributed by atoms with E-state index in [2.05, 4.69) is 105 Å². The number of likely N-dealkylation sites (tertiary alicyclic amines) is 1. The van der Waals surface area contributed by atoms with Crippen LogP contribution in [0.3, 0.4) is 0 Å². The SMILES string of the molecule is CC(C)[Si](C#Cc1c(F)ccc2cc(O[Si](C(C)C)(C(C)C)C(C)C)cc(-c3c(F)cc4cnc(OC[C@]5(C)CN(C)CC[C@@H]5C(F)F)nc4c3F)c12)(C(C)C)C(C)C. The van der Waals surface area contributed by atoms with Crippen molar-refractivity contribution < 1.29 is 31.1 Å². The van der Waals surface area contributed by atoms with Crippen LogP contribution < -0.4 is 9.16 Å². The van der Waals surface area contributed by atoms with Crippen molar-refractivity contribution >= 4 is 38.1 Å². The topological polar surface area (TPSA) is 47.5 Å². The Balaban J connectivity index is 1.79. The second-order valence-corrected chi connectivity index (χ2v) is 30.1. The van der Waals surface area contributed by atoms with Gasteiger partial charge in [-0.15, -0.1) is 5.54 Å². The number of rotatable bonds is 13. The van der Waals surface area contributed by atoms with Gasteiger partial charge in [0.25, 0.3) is 8.32 Å². The number of fused-ring (bicyclic) bond motifs is 2. The lowest BCUT2D eigenvalue weighted by Gasteiger charge is -2.44. The highest BCUT2D eigenvalue weighted by Crippen LogP contribution is 2.47. The summed E-state index contributed by atoms with van der Waals surface area (Å²) in [6.45, 7) is 28.6. The number of ether oxygens (including phenoxy) is 1. The molecule has 0 bridgehead atoms. The standard InChI is InChI=1S/C47H64F5N3O2Si2/c1-27(2)58(28(3)4,29(5)6)20-18-36-39(48)16-15-33-21-35(57-59(30(7)8,31(9)10)32(11)12)23-37(41(33)36)42-40(49)22-34-24-53-46(54-44(34)43(42)50)56-26-47(13)25-55(14)19-17-38(47)45(51)52/h15-16,21-24,27-32,38,45H,17,19,25-26H2,1-14H3/t38-,47+/m1/s1. The Labute approximate surface area is 351 Å². The molecule has 0 unspecified atom stereocenters. The normalized spacial score (nSPS) is 18.4. The van der Waals surface area contributed by atoms with Crippen LogP contribution in [0.25, 0.3) is 32.8 Å². The molecule has 322 valence electrons. The molecule has 59 heavy (non-hydrogen) atoms. The van der Waals surface area contributed by atoms with Crippen molar-refractivity contribution in [1.82, 2.24) is 14.9 Å².